The lowest BCUT2D eigenvalue weighted by molar-refractivity contribution is 0.0696. The summed E-state index contributed by atoms with van der Waals surface area (Å²) in [6.07, 6.45) is 4.49. The molecule has 0 aliphatic rings. The highest BCUT2D eigenvalue weighted by Gasteiger charge is 2.07. The number of rotatable bonds is 5. The predicted molar refractivity (Wildman–Crippen MR) is 54.9 cm³/mol. The van der Waals surface area contributed by atoms with Gasteiger partial charge in [0.15, 0.2) is 0 Å². The van der Waals surface area contributed by atoms with Crippen LogP contribution in [-0.4, -0.2) is 11.1 Å². The van der Waals surface area contributed by atoms with Gasteiger partial charge in [-0.3, -0.25) is 0 Å². The molecule has 0 spiro atoms. The van der Waals surface area contributed by atoms with E-state index in [2.05, 4.69) is 5.32 Å². The van der Waals surface area contributed by atoms with E-state index < -0.39 is 5.97 Å². The largest absolute Gasteiger partial charge is 0.478 e. The van der Waals surface area contributed by atoms with Crippen molar-refractivity contribution in [3.63, 3.8) is 0 Å². The van der Waals surface area contributed by atoms with Crippen molar-refractivity contribution in [2.75, 3.05) is 0 Å². The summed E-state index contributed by atoms with van der Waals surface area (Å²) in [7, 11) is 0. The minimum Gasteiger partial charge on any atom is -0.478 e. The zero-order valence-electron chi connectivity index (χ0n) is 8.47. The van der Waals surface area contributed by atoms with Crippen LogP contribution in [0, 0.1) is 0 Å². The first-order chi connectivity index (χ1) is 7.75. The molecule has 0 saturated carbocycles. The van der Waals surface area contributed by atoms with Gasteiger partial charge in [-0.25, -0.2) is 4.79 Å². The third kappa shape index (κ3) is 2.52. The number of furan rings is 2. The summed E-state index contributed by atoms with van der Waals surface area (Å²) in [4.78, 5) is 10.6. The molecule has 0 aromatic carbocycles. The smallest absolute Gasteiger partial charge is 0.338 e. The first kappa shape index (κ1) is 10.5. The van der Waals surface area contributed by atoms with E-state index in [1.54, 1.807) is 12.5 Å². The Bertz CT molecular complexity index is 458. The molecular formula is C11H11NO4. The maximum absolute atomic E-state index is 10.6. The molecule has 0 aliphatic heterocycles. The Morgan fingerprint density at radius 2 is 2.25 bits per heavy atom. The van der Waals surface area contributed by atoms with Gasteiger partial charge in [-0.2, -0.15) is 0 Å². The topological polar surface area (TPSA) is 75.6 Å². The maximum Gasteiger partial charge on any atom is 0.338 e. The van der Waals surface area contributed by atoms with Crippen LogP contribution in [0.2, 0.25) is 0 Å². The molecule has 84 valence electrons. The summed E-state index contributed by atoms with van der Waals surface area (Å²) in [5.41, 5.74) is 1.20. The first-order valence-corrected chi connectivity index (χ1v) is 4.78. The highest BCUT2D eigenvalue weighted by Crippen LogP contribution is 2.08. The molecule has 2 heterocycles. The third-order valence-corrected chi connectivity index (χ3v) is 2.11. The fraction of sp³-hybridized carbons (Fsp3) is 0.182. The molecule has 0 aliphatic carbocycles. The average Bonchev–Trinajstić information content (AvgIpc) is 2.87. The molecule has 0 unspecified atom stereocenters. The summed E-state index contributed by atoms with van der Waals surface area (Å²) in [6.45, 7) is 1.14. The molecule has 16 heavy (non-hydrogen) atoms. The van der Waals surface area contributed by atoms with Crippen molar-refractivity contribution in [1.82, 2.24) is 5.32 Å². The van der Waals surface area contributed by atoms with Crippen molar-refractivity contribution in [3.8, 4) is 0 Å². The normalized spacial score (nSPS) is 10.5. The monoisotopic (exact) mass is 221 g/mol. The Hall–Kier alpha value is -2.01. The van der Waals surface area contributed by atoms with Crippen LogP contribution in [0.3, 0.4) is 0 Å². The van der Waals surface area contributed by atoms with Crippen LogP contribution in [0.25, 0.3) is 0 Å². The lowest BCUT2D eigenvalue weighted by atomic mass is 10.3. The van der Waals surface area contributed by atoms with Gasteiger partial charge in [-0.05, 0) is 12.1 Å². The van der Waals surface area contributed by atoms with Gasteiger partial charge in [0.1, 0.15) is 12.0 Å². The number of nitrogens with one attached hydrogen (secondary N) is 1. The molecule has 0 bridgehead atoms. The van der Waals surface area contributed by atoms with E-state index in [9.17, 15) is 4.79 Å². The molecule has 2 rings (SSSR count). The number of hydrogen-bond acceptors (Lipinski definition) is 4. The Kier molecular flexibility index (Phi) is 3.07. The summed E-state index contributed by atoms with van der Waals surface area (Å²) in [5.74, 6) is -0.384. The van der Waals surface area contributed by atoms with Crippen LogP contribution >= 0.6 is 0 Å². The van der Waals surface area contributed by atoms with E-state index in [1.165, 1.54) is 12.3 Å². The zero-order valence-corrected chi connectivity index (χ0v) is 8.47. The first-order valence-electron chi connectivity index (χ1n) is 4.78. The third-order valence-electron chi connectivity index (χ3n) is 2.11. The van der Waals surface area contributed by atoms with E-state index in [1.807, 2.05) is 6.07 Å². The van der Waals surface area contributed by atoms with Crippen LogP contribution in [0.5, 0.6) is 0 Å². The minimum atomic E-state index is -0.982. The lowest BCUT2D eigenvalue weighted by Gasteiger charge is -1.98. The van der Waals surface area contributed by atoms with Crippen molar-refractivity contribution in [3.05, 3.63) is 47.8 Å². The average molecular weight is 221 g/mol. The highest BCUT2D eigenvalue weighted by molar-refractivity contribution is 5.87. The van der Waals surface area contributed by atoms with Gasteiger partial charge in [0, 0.05) is 12.1 Å². The van der Waals surface area contributed by atoms with Gasteiger partial charge in [-0.1, -0.05) is 0 Å². The van der Waals surface area contributed by atoms with E-state index in [-0.39, 0.29) is 5.56 Å². The summed E-state index contributed by atoms with van der Waals surface area (Å²) in [5, 5.41) is 11.8. The van der Waals surface area contributed by atoms with Crippen LogP contribution in [-0.2, 0) is 13.1 Å². The van der Waals surface area contributed by atoms with Gasteiger partial charge in [0.2, 0.25) is 0 Å². The Morgan fingerprint density at radius 1 is 1.38 bits per heavy atom. The molecule has 2 N–H and O–H groups in total. The second kappa shape index (κ2) is 4.67. The minimum absolute atomic E-state index is 0.167. The molecular weight excluding hydrogens is 210 g/mol. The summed E-state index contributed by atoms with van der Waals surface area (Å²) < 4.78 is 9.99. The zero-order chi connectivity index (χ0) is 11.4. The molecule has 5 heteroatoms. The molecule has 0 atom stereocenters. The molecule has 0 radical (unpaired) electrons. The molecule has 0 fully saturated rings. The van der Waals surface area contributed by atoms with Gasteiger partial charge in [0.05, 0.1) is 24.6 Å². The lowest BCUT2D eigenvalue weighted by Crippen LogP contribution is -2.11. The molecule has 2 aromatic heterocycles. The van der Waals surface area contributed by atoms with Gasteiger partial charge < -0.3 is 19.3 Å². The Morgan fingerprint density at radius 3 is 2.88 bits per heavy atom. The molecule has 0 saturated heterocycles. The van der Waals surface area contributed by atoms with Crippen LogP contribution in [0.1, 0.15) is 21.7 Å². The standard InChI is InChI=1S/C11H11NO4/c13-11(14)9-3-10(16-7-9)5-12-4-8-1-2-15-6-8/h1-3,6-7,12H,4-5H2,(H,13,14). The molecule has 0 amide bonds. The van der Waals surface area contributed by atoms with Crippen LogP contribution in [0.4, 0.5) is 0 Å². The summed E-state index contributed by atoms with van der Waals surface area (Å²) in [6, 6.07) is 3.36. The van der Waals surface area contributed by atoms with Crippen molar-refractivity contribution < 1.29 is 18.7 Å². The van der Waals surface area contributed by atoms with Crippen molar-refractivity contribution in [1.29, 1.82) is 0 Å². The van der Waals surface area contributed by atoms with Crippen molar-refractivity contribution >= 4 is 5.97 Å². The Labute approximate surface area is 91.7 Å². The second-order valence-corrected chi connectivity index (χ2v) is 3.34. The molecule has 5 nitrogen and oxygen atoms in total. The van der Waals surface area contributed by atoms with E-state index in [0.717, 1.165) is 5.56 Å². The fourth-order valence-corrected chi connectivity index (χ4v) is 1.31. The number of carboxylic acids is 1. The van der Waals surface area contributed by atoms with E-state index >= 15 is 0 Å². The Balaban J connectivity index is 1.83. The maximum atomic E-state index is 10.6. The number of aromatic carboxylic acids is 1. The second-order valence-electron chi connectivity index (χ2n) is 3.34. The SMILES string of the molecule is O=C(O)c1coc(CNCc2ccoc2)c1. The summed E-state index contributed by atoms with van der Waals surface area (Å²) >= 11 is 0. The molecule has 2 aromatic rings. The van der Waals surface area contributed by atoms with Gasteiger partial charge in [-0.15, -0.1) is 0 Å². The quantitative estimate of drug-likeness (QED) is 0.805. The van der Waals surface area contributed by atoms with Crippen molar-refractivity contribution in [2.24, 2.45) is 0 Å². The number of carboxylic acid groups (broad SMARTS) is 1. The highest BCUT2D eigenvalue weighted by atomic mass is 16.4. The van der Waals surface area contributed by atoms with Crippen molar-refractivity contribution in [2.45, 2.75) is 13.1 Å². The van der Waals surface area contributed by atoms with E-state index in [0.29, 0.717) is 18.8 Å². The van der Waals surface area contributed by atoms with E-state index in [4.69, 9.17) is 13.9 Å². The van der Waals surface area contributed by atoms with Crippen LogP contribution < -0.4 is 5.32 Å². The number of hydrogen-bond donors (Lipinski definition) is 2. The van der Waals surface area contributed by atoms with Gasteiger partial charge in [0.25, 0.3) is 0 Å². The fourth-order valence-electron chi connectivity index (χ4n) is 1.31. The van der Waals surface area contributed by atoms with Crippen LogP contribution in [0.15, 0.2) is 39.8 Å². The van der Waals surface area contributed by atoms with Gasteiger partial charge >= 0.3 is 5.97 Å². The number of carbonyl (C=O) groups is 1. The predicted octanol–water partition coefficient (Wildman–Crippen LogP) is 1.86.